The van der Waals surface area contributed by atoms with Crippen LogP contribution < -0.4 is 16.2 Å². The monoisotopic (exact) mass is 434 g/mol. The number of imide groups is 1. The number of carbonyl (C=O) groups excluding carboxylic acids is 4. The van der Waals surface area contributed by atoms with Crippen molar-refractivity contribution in [1.29, 1.82) is 0 Å². The molecule has 166 valence electrons. The summed E-state index contributed by atoms with van der Waals surface area (Å²) in [5.41, 5.74) is 6.70. The first-order valence-corrected chi connectivity index (χ1v) is 10.5. The maximum Gasteiger partial charge on any atom is 0.325 e. The quantitative estimate of drug-likeness (QED) is 0.508. The Bertz CT molecular complexity index is 1100. The Morgan fingerprint density at radius 3 is 2.41 bits per heavy atom. The number of aryl methyl sites for hydroxylation is 1. The van der Waals surface area contributed by atoms with Gasteiger partial charge >= 0.3 is 6.03 Å². The Kier molecular flexibility index (Phi) is 5.24. The van der Waals surface area contributed by atoms with E-state index < -0.39 is 35.8 Å². The van der Waals surface area contributed by atoms with E-state index in [1.54, 1.807) is 12.1 Å². The number of amides is 5. The van der Waals surface area contributed by atoms with E-state index >= 15 is 0 Å². The van der Waals surface area contributed by atoms with Gasteiger partial charge in [0.05, 0.1) is 0 Å². The lowest BCUT2D eigenvalue weighted by molar-refractivity contribution is -0.135. The molecule has 1 heterocycles. The molecule has 1 aliphatic carbocycles. The lowest BCUT2D eigenvalue weighted by Gasteiger charge is -2.22. The lowest BCUT2D eigenvalue weighted by atomic mass is 9.87. The number of fused-ring (bicyclic) bond motifs is 2. The summed E-state index contributed by atoms with van der Waals surface area (Å²) in [5, 5.41) is 2.77. The van der Waals surface area contributed by atoms with Crippen LogP contribution in [0.1, 0.15) is 54.2 Å². The molecule has 2 aromatic rings. The van der Waals surface area contributed by atoms with E-state index in [0.717, 1.165) is 21.6 Å². The van der Waals surface area contributed by atoms with E-state index in [0.29, 0.717) is 18.4 Å². The number of hydrogen-bond acceptors (Lipinski definition) is 4. The van der Waals surface area contributed by atoms with Gasteiger partial charge < -0.3 is 5.32 Å². The van der Waals surface area contributed by atoms with E-state index in [1.807, 2.05) is 36.4 Å². The molecule has 1 spiro atoms. The molecule has 0 bridgehead atoms. The van der Waals surface area contributed by atoms with Gasteiger partial charge in [-0.3, -0.25) is 30.1 Å². The Hall–Kier alpha value is -3.68. The molecule has 4 rings (SSSR count). The highest BCUT2D eigenvalue weighted by Crippen LogP contribution is 2.41. The van der Waals surface area contributed by atoms with Gasteiger partial charge in [-0.1, -0.05) is 57.2 Å². The van der Waals surface area contributed by atoms with Crippen molar-refractivity contribution in [2.24, 2.45) is 0 Å². The van der Waals surface area contributed by atoms with Crippen LogP contribution in [0.25, 0.3) is 0 Å². The molecule has 5 amide bonds. The summed E-state index contributed by atoms with van der Waals surface area (Å²) >= 11 is 0. The second-order valence-corrected chi connectivity index (χ2v) is 9.21. The fraction of sp³-hybridized carbons (Fsp3) is 0.333. The summed E-state index contributed by atoms with van der Waals surface area (Å²) in [6.45, 7) is 5.74. The highest BCUT2D eigenvalue weighted by atomic mass is 16.2. The van der Waals surface area contributed by atoms with Crippen molar-refractivity contribution in [2.75, 3.05) is 6.54 Å². The van der Waals surface area contributed by atoms with Gasteiger partial charge in [-0.15, -0.1) is 0 Å². The topological polar surface area (TPSA) is 108 Å². The lowest BCUT2D eigenvalue weighted by Crippen LogP contribution is -2.48. The minimum atomic E-state index is -1.12. The summed E-state index contributed by atoms with van der Waals surface area (Å²) in [6, 6.07) is 13.9. The van der Waals surface area contributed by atoms with Gasteiger partial charge in [0.1, 0.15) is 12.1 Å². The number of hydrogen-bond donors (Lipinski definition) is 3. The smallest absolute Gasteiger partial charge is 0.319 e. The number of urea groups is 1. The highest BCUT2D eigenvalue weighted by Gasteiger charge is 2.55. The molecule has 1 atom stereocenters. The van der Waals surface area contributed by atoms with Crippen LogP contribution in [0.3, 0.4) is 0 Å². The van der Waals surface area contributed by atoms with Gasteiger partial charge in [0.25, 0.3) is 17.7 Å². The third kappa shape index (κ3) is 3.72. The van der Waals surface area contributed by atoms with Crippen molar-refractivity contribution in [1.82, 2.24) is 21.1 Å². The van der Waals surface area contributed by atoms with Crippen molar-refractivity contribution in [3.63, 3.8) is 0 Å². The summed E-state index contributed by atoms with van der Waals surface area (Å²) < 4.78 is 0. The molecule has 1 saturated heterocycles. The fourth-order valence-corrected chi connectivity index (χ4v) is 4.24. The van der Waals surface area contributed by atoms with Crippen molar-refractivity contribution >= 4 is 23.8 Å². The number of nitrogens with one attached hydrogen (secondary N) is 3. The van der Waals surface area contributed by atoms with Gasteiger partial charge in [0.2, 0.25) is 0 Å². The minimum Gasteiger partial charge on any atom is -0.319 e. The molecule has 2 aromatic carbocycles. The molecule has 8 heteroatoms. The van der Waals surface area contributed by atoms with Crippen molar-refractivity contribution in [3.05, 3.63) is 70.8 Å². The Labute approximate surface area is 186 Å². The SMILES string of the molecule is CC(C)(C)c1ccc(C(=O)NNC(=O)CN2C(=O)NC3(CCc4ccccc43)C2=O)cc1. The van der Waals surface area contributed by atoms with E-state index in [4.69, 9.17) is 0 Å². The van der Waals surface area contributed by atoms with Gasteiger partial charge in [-0.05, 0) is 47.1 Å². The predicted molar refractivity (Wildman–Crippen MR) is 117 cm³/mol. The third-order valence-electron chi connectivity index (χ3n) is 6.05. The standard InChI is InChI=1S/C24H26N4O4/c1-23(2,3)17-10-8-16(9-11-17)20(30)27-26-19(29)14-28-21(31)24(25-22(28)32)13-12-15-6-4-5-7-18(15)24/h4-11H,12-14H2,1-3H3,(H,25,32)(H,26,29)(H,27,30). The van der Waals surface area contributed by atoms with Crippen LogP contribution in [-0.4, -0.2) is 35.2 Å². The molecule has 0 saturated carbocycles. The average molecular weight is 434 g/mol. The Morgan fingerprint density at radius 1 is 1.03 bits per heavy atom. The van der Waals surface area contributed by atoms with Crippen LogP contribution in [0.15, 0.2) is 48.5 Å². The predicted octanol–water partition coefficient (Wildman–Crippen LogP) is 2.14. The van der Waals surface area contributed by atoms with Crippen LogP contribution >= 0.6 is 0 Å². The van der Waals surface area contributed by atoms with E-state index in [-0.39, 0.29) is 5.41 Å². The molecular formula is C24H26N4O4. The maximum absolute atomic E-state index is 13.1. The summed E-state index contributed by atoms with van der Waals surface area (Å²) in [5.74, 6) is -1.61. The fourth-order valence-electron chi connectivity index (χ4n) is 4.24. The number of benzene rings is 2. The normalized spacial score (nSPS) is 19.7. The largest absolute Gasteiger partial charge is 0.325 e. The first-order chi connectivity index (χ1) is 15.1. The van der Waals surface area contributed by atoms with Crippen LogP contribution in [0.5, 0.6) is 0 Å². The molecule has 0 aromatic heterocycles. The van der Waals surface area contributed by atoms with Gasteiger partial charge in [-0.25, -0.2) is 4.79 Å². The Balaban J connectivity index is 1.37. The summed E-state index contributed by atoms with van der Waals surface area (Å²) in [6.07, 6.45) is 1.13. The third-order valence-corrected chi connectivity index (χ3v) is 6.05. The van der Waals surface area contributed by atoms with Gasteiger partial charge in [0.15, 0.2) is 0 Å². The van der Waals surface area contributed by atoms with Crippen LogP contribution in [0.4, 0.5) is 4.79 Å². The van der Waals surface area contributed by atoms with Gasteiger partial charge in [0, 0.05) is 5.56 Å². The minimum absolute atomic E-state index is 0.0384. The van der Waals surface area contributed by atoms with Crippen molar-refractivity contribution in [2.45, 2.75) is 44.6 Å². The van der Waals surface area contributed by atoms with Crippen LogP contribution in [0, 0.1) is 0 Å². The number of carbonyl (C=O) groups is 4. The first-order valence-electron chi connectivity index (χ1n) is 10.5. The van der Waals surface area contributed by atoms with Gasteiger partial charge in [-0.2, -0.15) is 0 Å². The zero-order valence-electron chi connectivity index (χ0n) is 18.3. The molecule has 1 aliphatic heterocycles. The number of nitrogens with zero attached hydrogens (tertiary/aromatic N) is 1. The zero-order valence-corrected chi connectivity index (χ0v) is 18.3. The van der Waals surface area contributed by atoms with Crippen molar-refractivity contribution < 1.29 is 19.2 Å². The second-order valence-electron chi connectivity index (χ2n) is 9.21. The molecule has 8 nitrogen and oxygen atoms in total. The molecule has 3 N–H and O–H groups in total. The molecule has 1 fully saturated rings. The maximum atomic E-state index is 13.1. The molecule has 32 heavy (non-hydrogen) atoms. The molecule has 0 radical (unpaired) electrons. The number of hydrazine groups is 1. The molecule has 1 unspecified atom stereocenters. The highest BCUT2D eigenvalue weighted by molar-refractivity contribution is 6.10. The van der Waals surface area contributed by atoms with E-state index in [1.165, 1.54) is 0 Å². The molecular weight excluding hydrogens is 408 g/mol. The van der Waals surface area contributed by atoms with Crippen LogP contribution in [-0.2, 0) is 27.0 Å². The number of rotatable bonds is 3. The van der Waals surface area contributed by atoms with E-state index in [2.05, 4.69) is 36.9 Å². The zero-order chi connectivity index (χ0) is 23.1. The van der Waals surface area contributed by atoms with Crippen molar-refractivity contribution in [3.8, 4) is 0 Å². The van der Waals surface area contributed by atoms with E-state index in [9.17, 15) is 19.2 Å². The summed E-state index contributed by atoms with van der Waals surface area (Å²) in [7, 11) is 0. The summed E-state index contributed by atoms with van der Waals surface area (Å²) in [4.78, 5) is 51.2. The molecule has 2 aliphatic rings. The second kappa shape index (κ2) is 7.78. The first kappa shape index (κ1) is 21.5. The average Bonchev–Trinajstić information content (AvgIpc) is 3.25. The van der Waals surface area contributed by atoms with Crippen LogP contribution in [0.2, 0.25) is 0 Å². The Morgan fingerprint density at radius 2 is 1.72 bits per heavy atom.